The molecule has 5 nitrogen and oxygen atoms in total. The highest BCUT2D eigenvalue weighted by Gasteiger charge is 2.32. The van der Waals surface area contributed by atoms with Crippen molar-refractivity contribution in [3.8, 4) is 6.07 Å². The fourth-order valence-electron chi connectivity index (χ4n) is 4.56. The van der Waals surface area contributed by atoms with Gasteiger partial charge in [-0.05, 0) is 42.8 Å². The maximum atomic E-state index is 14.5. The second kappa shape index (κ2) is 9.86. The molecule has 0 bridgehead atoms. The monoisotopic (exact) mass is 524 g/mol. The molecule has 0 radical (unpaired) electrons. The van der Waals surface area contributed by atoms with Crippen LogP contribution < -0.4 is 10.6 Å². The van der Waals surface area contributed by atoms with E-state index in [0.717, 1.165) is 5.56 Å². The Kier molecular flexibility index (Phi) is 6.60. The zero-order chi connectivity index (χ0) is 26.0. The molecular weight excluding hydrogens is 499 g/mol. The predicted molar refractivity (Wildman–Crippen MR) is 149 cm³/mol. The molecule has 5 rings (SSSR count). The molecule has 1 atom stereocenters. The number of hydrogen-bond acceptors (Lipinski definition) is 4. The lowest BCUT2D eigenvalue weighted by atomic mass is 10.0. The second-order valence-electron chi connectivity index (χ2n) is 9.02. The van der Waals surface area contributed by atoms with Crippen LogP contribution in [0.1, 0.15) is 17.0 Å². The topological polar surface area (TPSA) is 79.9 Å². The molecule has 4 aromatic carbocycles. The molecular formula is C30H25N2O3PS. The normalized spacial score (nSPS) is 12.8. The number of nitriles is 1. The van der Waals surface area contributed by atoms with E-state index in [-0.39, 0.29) is 11.1 Å². The average Bonchev–Trinajstić information content (AvgIpc) is 3.37. The van der Waals surface area contributed by atoms with Crippen LogP contribution in [-0.2, 0) is 14.6 Å². The van der Waals surface area contributed by atoms with E-state index in [4.69, 9.17) is 0 Å². The third kappa shape index (κ3) is 4.64. The second-order valence-corrected chi connectivity index (χ2v) is 13.7. The Morgan fingerprint density at radius 3 is 2.00 bits per heavy atom. The number of nitrogens with zero attached hydrogens (tertiary/aromatic N) is 2. The summed E-state index contributed by atoms with van der Waals surface area (Å²) in [7, 11) is -6.88. The van der Waals surface area contributed by atoms with Gasteiger partial charge in [-0.3, -0.25) is 0 Å². The Bertz CT molecular complexity index is 1710. The van der Waals surface area contributed by atoms with Crippen LogP contribution in [0.3, 0.4) is 0 Å². The fourth-order valence-corrected chi connectivity index (χ4v) is 8.75. The Morgan fingerprint density at radius 2 is 1.43 bits per heavy atom. The maximum Gasteiger partial charge on any atom is 0.268 e. The lowest BCUT2D eigenvalue weighted by Gasteiger charge is -2.22. The molecule has 5 aromatic rings. The third-order valence-corrected chi connectivity index (χ3v) is 11.4. The number of benzene rings is 4. The van der Waals surface area contributed by atoms with Gasteiger partial charge in [-0.15, -0.1) is 0 Å². The first-order valence-corrected chi connectivity index (χ1v) is 15.2. The van der Waals surface area contributed by atoms with Gasteiger partial charge in [0.25, 0.3) is 10.0 Å². The van der Waals surface area contributed by atoms with Crippen molar-refractivity contribution >= 4 is 38.7 Å². The van der Waals surface area contributed by atoms with Crippen LogP contribution in [0, 0.1) is 18.3 Å². The first-order valence-electron chi connectivity index (χ1n) is 11.9. The first-order chi connectivity index (χ1) is 17.8. The molecule has 184 valence electrons. The minimum absolute atomic E-state index is 0.144. The van der Waals surface area contributed by atoms with Crippen LogP contribution in [0.5, 0.6) is 0 Å². The van der Waals surface area contributed by atoms with Gasteiger partial charge >= 0.3 is 0 Å². The molecule has 0 spiro atoms. The van der Waals surface area contributed by atoms with Gasteiger partial charge in [0, 0.05) is 28.4 Å². The van der Waals surface area contributed by atoms with Crippen molar-refractivity contribution < 1.29 is 13.0 Å². The number of hydrogen-bond donors (Lipinski definition) is 0. The van der Waals surface area contributed by atoms with Gasteiger partial charge in [0.15, 0.2) is 0 Å². The van der Waals surface area contributed by atoms with Crippen LogP contribution in [-0.4, -0.2) is 18.6 Å². The summed E-state index contributed by atoms with van der Waals surface area (Å²) in [5.74, 6) is -0.646. The highest BCUT2D eigenvalue weighted by molar-refractivity contribution is 7.90. The van der Waals surface area contributed by atoms with E-state index in [9.17, 15) is 18.2 Å². The van der Waals surface area contributed by atoms with Gasteiger partial charge in [0.2, 0.25) is 0 Å². The number of aromatic nitrogens is 1. The largest absolute Gasteiger partial charge is 0.314 e. The molecule has 0 aliphatic carbocycles. The van der Waals surface area contributed by atoms with E-state index in [1.54, 1.807) is 42.5 Å². The molecule has 0 fully saturated rings. The SMILES string of the molecule is Cc1ccc(S(=O)(=O)n2ccc3cc([C@H](C#N)CP(=O)(c4ccccc4)c4ccccc4)ccc32)cc1. The molecule has 0 N–H and O–H groups in total. The predicted octanol–water partition coefficient (Wildman–Crippen LogP) is 5.81. The molecule has 7 heteroatoms. The smallest absolute Gasteiger partial charge is 0.268 e. The van der Waals surface area contributed by atoms with Gasteiger partial charge < -0.3 is 4.57 Å². The van der Waals surface area contributed by atoms with E-state index in [2.05, 4.69) is 6.07 Å². The van der Waals surface area contributed by atoms with Crippen molar-refractivity contribution in [3.63, 3.8) is 0 Å². The summed E-state index contributed by atoms with van der Waals surface area (Å²) in [5, 5.41) is 12.3. The van der Waals surface area contributed by atoms with E-state index >= 15 is 0 Å². The van der Waals surface area contributed by atoms with Crippen LogP contribution >= 0.6 is 7.14 Å². The number of rotatable bonds is 7. The summed E-state index contributed by atoms with van der Waals surface area (Å²) in [6.07, 6.45) is 1.68. The molecule has 0 unspecified atom stereocenters. The van der Waals surface area contributed by atoms with E-state index in [1.807, 2.05) is 73.7 Å². The summed E-state index contributed by atoms with van der Waals surface area (Å²) in [4.78, 5) is 0.209. The molecule has 0 saturated heterocycles. The molecule has 0 saturated carbocycles. The highest BCUT2D eigenvalue weighted by Crippen LogP contribution is 2.47. The Morgan fingerprint density at radius 1 is 0.838 bits per heavy atom. The van der Waals surface area contributed by atoms with Crippen LogP contribution in [0.15, 0.2) is 120 Å². The highest BCUT2D eigenvalue weighted by atomic mass is 32.2. The summed E-state index contributed by atoms with van der Waals surface area (Å²) in [6.45, 7) is 1.91. The average molecular weight is 525 g/mol. The molecule has 0 aliphatic rings. The van der Waals surface area contributed by atoms with E-state index in [0.29, 0.717) is 27.1 Å². The van der Waals surface area contributed by atoms with Crippen molar-refractivity contribution in [2.45, 2.75) is 17.7 Å². The lowest BCUT2D eigenvalue weighted by Crippen LogP contribution is -2.21. The van der Waals surface area contributed by atoms with E-state index in [1.165, 1.54) is 10.2 Å². The zero-order valence-electron chi connectivity index (χ0n) is 20.2. The van der Waals surface area contributed by atoms with Gasteiger partial charge in [0.05, 0.1) is 22.4 Å². The molecule has 1 heterocycles. The summed E-state index contributed by atoms with van der Waals surface area (Å²) in [5.41, 5.74) is 2.20. The van der Waals surface area contributed by atoms with Crippen molar-refractivity contribution in [3.05, 3.63) is 127 Å². The molecule has 0 amide bonds. The summed E-state index contributed by atoms with van der Waals surface area (Å²) < 4.78 is 42.3. The van der Waals surface area contributed by atoms with Gasteiger partial charge in [-0.25, -0.2) is 12.4 Å². The summed E-state index contributed by atoms with van der Waals surface area (Å²) >= 11 is 0. The van der Waals surface area contributed by atoms with Crippen molar-refractivity contribution in [2.24, 2.45) is 0 Å². The first kappa shape index (κ1) is 24.8. The van der Waals surface area contributed by atoms with Crippen molar-refractivity contribution in [2.75, 3.05) is 6.16 Å². The minimum atomic E-state index is -3.77. The quantitative estimate of drug-likeness (QED) is 0.252. The van der Waals surface area contributed by atoms with Gasteiger partial charge in [0.1, 0.15) is 7.14 Å². The number of fused-ring (bicyclic) bond motifs is 1. The number of aryl methyl sites for hydroxylation is 1. The Balaban J connectivity index is 1.53. The zero-order valence-corrected chi connectivity index (χ0v) is 21.9. The molecule has 37 heavy (non-hydrogen) atoms. The van der Waals surface area contributed by atoms with Gasteiger partial charge in [-0.1, -0.05) is 84.4 Å². The minimum Gasteiger partial charge on any atom is -0.314 e. The fraction of sp³-hybridized carbons (Fsp3) is 0.100. The van der Waals surface area contributed by atoms with Gasteiger partial charge in [-0.2, -0.15) is 5.26 Å². The van der Waals surface area contributed by atoms with Crippen molar-refractivity contribution in [1.82, 2.24) is 3.97 Å². The van der Waals surface area contributed by atoms with Crippen LogP contribution in [0.4, 0.5) is 0 Å². The molecule has 0 aliphatic heterocycles. The standard InChI is InChI=1S/C30H25N2O3PS/c1-23-12-15-29(16-13-23)37(34,35)32-19-18-25-20-24(14-17-30(25)32)26(21-31)22-36(33,27-8-4-2-5-9-27)28-10-6-3-7-11-28/h2-20,26H,22H2,1H3/t26-/m1/s1. The third-order valence-electron chi connectivity index (χ3n) is 6.60. The van der Waals surface area contributed by atoms with Crippen molar-refractivity contribution in [1.29, 1.82) is 5.26 Å². The maximum absolute atomic E-state index is 14.5. The van der Waals surface area contributed by atoms with E-state index < -0.39 is 23.1 Å². The Hall–Kier alpha value is -3.91. The molecule has 1 aromatic heterocycles. The van der Waals surface area contributed by atoms with Crippen LogP contribution in [0.2, 0.25) is 0 Å². The summed E-state index contributed by atoms with van der Waals surface area (Å²) in [6, 6.07) is 34.7. The Labute approximate surface area is 217 Å². The lowest BCUT2D eigenvalue weighted by molar-refractivity contribution is 0.585. The van der Waals surface area contributed by atoms with Crippen LogP contribution in [0.25, 0.3) is 10.9 Å².